The fraction of sp³-hybridized carbons (Fsp3) is 0.938. The van der Waals surface area contributed by atoms with E-state index in [0.29, 0.717) is 6.42 Å². The Morgan fingerprint density at radius 2 is 1.64 bits per heavy atom. The highest BCUT2D eigenvalue weighted by molar-refractivity contribution is 7.47. The first-order valence-corrected chi connectivity index (χ1v) is 10.6. The van der Waals surface area contributed by atoms with Gasteiger partial charge in [-0.25, -0.2) is 4.57 Å². The van der Waals surface area contributed by atoms with E-state index in [4.69, 9.17) is 10.5 Å². The van der Waals surface area contributed by atoms with Gasteiger partial charge >= 0.3 is 13.8 Å². The molecular formula is C16H34NO7P. The first kappa shape index (κ1) is 24.5. The zero-order valence-electron chi connectivity index (χ0n) is 15.2. The summed E-state index contributed by atoms with van der Waals surface area (Å²) in [6.07, 6.45) is 8.20. The van der Waals surface area contributed by atoms with Crippen molar-refractivity contribution in [3.63, 3.8) is 0 Å². The predicted octanol–water partition coefficient (Wildman–Crippen LogP) is 2.51. The maximum Gasteiger partial charge on any atom is 0.472 e. The van der Waals surface area contributed by atoms with E-state index >= 15 is 0 Å². The molecular weight excluding hydrogens is 349 g/mol. The number of hydrogen-bond donors (Lipinski definition) is 3. The normalized spacial score (nSPS) is 14.9. The number of ether oxygens (including phenoxy) is 1. The molecule has 0 saturated carbocycles. The van der Waals surface area contributed by atoms with E-state index in [-0.39, 0.29) is 19.8 Å². The van der Waals surface area contributed by atoms with Crippen LogP contribution in [0.3, 0.4) is 0 Å². The quantitative estimate of drug-likeness (QED) is 0.199. The fourth-order valence-corrected chi connectivity index (χ4v) is 2.87. The molecule has 0 aliphatic heterocycles. The third-order valence-corrected chi connectivity index (χ3v) is 4.46. The number of carbonyl (C=O) groups excluding carboxylic acids is 1. The Hall–Kier alpha value is -0.500. The van der Waals surface area contributed by atoms with Gasteiger partial charge in [0.05, 0.1) is 13.2 Å². The molecule has 150 valence electrons. The van der Waals surface area contributed by atoms with Crippen LogP contribution in [0, 0.1) is 0 Å². The molecule has 0 aliphatic carbocycles. The molecule has 0 heterocycles. The highest BCUT2D eigenvalue weighted by Crippen LogP contribution is 2.42. The highest BCUT2D eigenvalue weighted by atomic mass is 31.2. The van der Waals surface area contributed by atoms with E-state index in [1.54, 1.807) is 0 Å². The number of phosphoric ester groups is 1. The van der Waals surface area contributed by atoms with Gasteiger partial charge in [0.15, 0.2) is 0 Å². The lowest BCUT2D eigenvalue weighted by molar-refractivity contribution is -0.147. The van der Waals surface area contributed by atoms with Crippen molar-refractivity contribution in [2.45, 2.75) is 70.8 Å². The van der Waals surface area contributed by atoms with Crippen LogP contribution in [0.5, 0.6) is 0 Å². The first-order valence-electron chi connectivity index (χ1n) is 9.07. The average Bonchev–Trinajstić information content (AvgIpc) is 2.59. The van der Waals surface area contributed by atoms with Crippen LogP contribution in [0.15, 0.2) is 0 Å². The SMILES string of the molecule is CCCCCCCCCCC(=O)OCC(O)COP(=O)(O)OCCN. The summed E-state index contributed by atoms with van der Waals surface area (Å²) in [5.74, 6) is -0.392. The topological polar surface area (TPSA) is 128 Å². The van der Waals surface area contributed by atoms with Gasteiger partial charge in [-0.15, -0.1) is 0 Å². The zero-order valence-corrected chi connectivity index (χ0v) is 16.1. The maximum absolute atomic E-state index is 11.5. The second-order valence-electron chi connectivity index (χ2n) is 5.95. The molecule has 0 spiro atoms. The largest absolute Gasteiger partial charge is 0.472 e. The minimum atomic E-state index is -4.23. The van der Waals surface area contributed by atoms with Gasteiger partial charge in [0, 0.05) is 13.0 Å². The second-order valence-corrected chi connectivity index (χ2v) is 7.40. The number of rotatable bonds is 17. The number of aliphatic hydroxyl groups excluding tert-OH is 1. The van der Waals surface area contributed by atoms with Crippen molar-refractivity contribution < 1.29 is 33.1 Å². The van der Waals surface area contributed by atoms with E-state index in [2.05, 4.69) is 16.0 Å². The van der Waals surface area contributed by atoms with Gasteiger partial charge in [-0.1, -0.05) is 51.9 Å². The Morgan fingerprint density at radius 3 is 2.24 bits per heavy atom. The Kier molecular flexibility index (Phi) is 15.4. The highest BCUT2D eigenvalue weighted by Gasteiger charge is 2.22. The van der Waals surface area contributed by atoms with Crippen molar-refractivity contribution in [2.24, 2.45) is 5.73 Å². The van der Waals surface area contributed by atoms with E-state index in [0.717, 1.165) is 19.3 Å². The summed E-state index contributed by atoms with van der Waals surface area (Å²) in [6, 6.07) is 0. The molecule has 25 heavy (non-hydrogen) atoms. The summed E-state index contributed by atoms with van der Waals surface area (Å²) in [6.45, 7) is 1.38. The molecule has 0 aliphatic rings. The lowest BCUT2D eigenvalue weighted by Gasteiger charge is -2.15. The fourth-order valence-electron chi connectivity index (χ4n) is 2.10. The lowest BCUT2D eigenvalue weighted by atomic mass is 10.1. The molecule has 2 atom stereocenters. The number of aliphatic hydroxyl groups is 1. The van der Waals surface area contributed by atoms with Crippen molar-refractivity contribution in [3.05, 3.63) is 0 Å². The molecule has 0 aromatic rings. The Morgan fingerprint density at radius 1 is 1.04 bits per heavy atom. The van der Waals surface area contributed by atoms with Crippen LogP contribution in [0.25, 0.3) is 0 Å². The minimum Gasteiger partial charge on any atom is -0.463 e. The van der Waals surface area contributed by atoms with Crippen molar-refractivity contribution in [2.75, 3.05) is 26.4 Å². The first-order chi connectivity index (χ1) is 11.9. The zero-order chi connectivity index (χ0) is 19.0. The summed E-state index contributed by atoms with van der Waals surface area (Å²) < 4.78 is 25.3. The monoisotopic (exact) mass is 383 g/mol. The van der Waals surface area contributed by atoms with Crippen LogP contribution in [0.1, 0.15) is 64.7 Å². The molecule has 0 rings (SSSR count). The van der Waals surface area contributed by atoms with Gasteiger partial charge in [-0.05, 0) is 6.42 Å². The van der Waals surface area contributed by atoms with Crippen LogP contribution in [0.2, 0.25) is 0 Å². The predicted molar refractivity (Wildman–Crippen MR) is 95.0 cm³/mol. The number of phosphoric acid groups is 1. The molecule has 0 saturated heterocycles. The van der Waals surface area contributed by atoms with Crippen LogP contribution in [-0.4, -0.2) is 48.4 Å². The molecule has 0 amide bonds. The molecule has 0 aromatic heterocycles. The molecule has 2 unspecified atom stereocenters. The summed E-state index contributed by atoms with van der Waals surface area (Å²) in [4.78, 5) is 20.8. The van der Waals surface area contributed by atoms with Crippen molar-refractivity contribution in [3.8, 4) is 0 Å². The summed E-state index contributed by atoms with van der Waals surface area (Å²) in [5, 5.41) is 9.58. The molecule has 0 fully saturated rings. The molecule has 0 radical (unpaired) electrons. The van der Waals surface area contributed by atoms with Crippen molar-refractivity contribution in [1.82, 2.24) is 0 Å². The van der Waals surface area contributed by atoms with E-state index in [1.807, 2.05) is 0 Å². The van der Waals surface area contributed by atoms with Crippen LogP contribution in [0.4, 0.5) is 0 Å². The van der Waals surface area contributed by atoms with Gasteiger partial charge in [-0.2, -0.15) is 0 Å². The molecule has 8 nitrogen and oxygen atoms in total. The number of esters is 1. The Labute approximate surface area is 150 Å². The smallest absolute Gasteiger partial charge is 0.463 e. The van der Waals surface area contributed by atoms with Gasteiger partial charge in [0.1, 0.15) is 12.7 Å². The summed E-state index contributed by atoms with van der Waals surface area (Å²) in [5.41, 5.74) is 5.14. The second kappa shape index (κ2) is 15.7. The molecule has 0 aromatic carbocycles. The molecule has 4 N–H and O–H groups in total. The Bertz CT molecular complexity index is 381. The van der Waals surface area contributed by atoms with Gasteiger partial charge < -0.3 is 20.5 Å². The molecule has 9 heteroatoms. The van der Waals surface area contributed by atoms with Crippen molar-refractivity contribution in [1.29, 1.82) is 0 Å². The standard InChI is InChI=1S/C16H34NO7P/c1-2-3-4-5-6-7-8-9-10-16(19)22-13-15(18)14-24-25(20,21)23-12-11-17/h15,18H,2-14,17H2,1H3,(H,20,21). The number of unbranched alkanes of at least 4 members (excludes halogenated alkanes) is 7. The van der Waals surface area contributed by atoms with Gasteiger partial charge in [-0.3, -0.25) is 13.8 Å². The minimum absolute atomic E-state index is 0.0762. The third-order valence-electron chi connectivity index (χ3n) is 3.47. The number of hydrogen-bond acceptors (Lipinski definition) is 7. The average molecular weight is 383 g/mol. The van der Waals surface area contributed by atoms with Gasteiger partial charge in [0.25, 0.3) is 0 Å². The Balaban J connectivity index is 3.59. The van der Waals surface area contributed by atoms with E-state index < -0.39 is 26.5 Å². The van der Waals surface area contributed by atoms with Gasteiger partial charge in [0.2, 0.25) is 0 Å². The van der Waals surface area contributed by atoms with E-state index in [1.165, 1.54) is 32.1 Å². The van der Waals surface area contributed by atoms with Crippen LogP contribution < -0.4 is 5.73 Å². The molecule has 0 bridgehead atoms. The van der Waals surface area contributed by atoms with Crippen LogP contribution >= 0.6 is 7.82 Å². The van der Waals surface area contributed by atoms with E-state index in [9.17, 15) is 19.4 Å². The van der Waals surface area contributed by atoms with Crippen molar-refractivity contribution >= 4 is 13.8 Å². The maximum atomic E-state index is 11.5. The lowest BCUT2D eigenvalue weighted by Crippen LogP contribution is -2.23. The third kappa shape index (κ3) is 16.7. The summed E-state index contributed by atoms with van der Waals surface area (Å²) in [7, 11) is -4.23. The number of carbonyl (C=O) groups is 1. The summed E-state index contributed by atoms with van der Waals surface area (Å²) >= 11 is 0. The number of nitrogens with two attached hydrogens (primary N) is 1. The van der Waals surface area contributed by atoms with Crippen LogP contribution in [-0.2, 0) is 23.1 Å².